The Morgan fingerprint density at radius 2 is 1.97 bits per heavy atom. The Morgan fingerprint density at radius 3 is 2.53 bits per heavy atom. The summed E-state index contributed by atoms with van der Waals surface area (Å²) in [6.07, 6.45) is -6.10. The van der Waals surface area contributed by atoms with E-state index in [0.717, 1.165) is 0 Å². The zero-order valence-corrected chi connectivity index (χ0v) is 19.5. The lowest BCUT2D eigenvalue weighted by Gasteiger charge is -2.36. The number of hydrogen-bond acceptors (Lipinski definition) is 8. The largest absolute Gasteiger partial charge is 0.490 e. The number of aromatic nitrogens is 4. The van der Waals surface area contributed by atoms with E-state index in [0.29, 0.717) is 25.0 Å². The summed E-state index contributed by atoms with van der Waals surface area (Å²) in [5.74, 6) is 4.32. The smallest absolute Gasteiger partial charge is 0.454 e. The Morgan fingerprint density at radius 1 is 1.29 bits per heavy atom. The van der Waals surface area contributed by atoms with Gasteiger partial charge in [-0.05, 0) is 20.8 Å². The molecule has 1 fully saturated rings. The second-order valence-electron chi connectivity index (χ2n) is 7.89. The standard InChI is InChI=1S/C21H28F3N7O3/c1-5-8-10-31-15-16(26-19(28(4)17(15)32)29(6-2)7-3)27-20(31)30-11-9-14(13(25)12-30)34-18(33)21(22,23)24/h13-14H,6-7,9-12,25H2,1-4H3. The Bertz CT molecular complexity index is 1170. The average molecular weight is 483 g/mol. The maximum Gasteiger partial charge on any atom is 0.490 e. The predicted octanol–water partition coefficient (Wildman–Crippen LogP) is 1.01. The van der Waals surface area contributed by atoms with Crippen molar-refractivity contribution < 1.29 is 22.7 Å². The first-order chi connectivity index (χ1) is 16.0. The van der Waals surface area contributed by atoms with Gasteiger partial charge < -0.3 is 20.3 Å². The van der Waals surface area contributed by atoms with Crippen LogP contribution in [0.1, 0.15) is 27.2 Å². The van der Waals surface area contributed by atoms with E-state index >= 15 is 0 Å². The molecule has 2 aromatic rings. The molecule has 3 heterocycles. The second-order valence-corrected chi connectivity index (χ2v) is 7.89. The number of anilines is 2. The number of alkyl halides is 3. The highest BCUT2D eigenvalue weighted by Gasteiger charge is 2.44. The average Bonchev–Trinajstić information content (AvgIpc) is 3.15. The maximum atomic E-state index is 13.3. The highest BCUT2D eigenvalue weighted by molar-refractivity contribution is 5.76. The van der Waals surface area contributed by atoms with E-state index in [1.807, 2.05) is 18.7 Å². The molecular weight excluding hydrogens is 455 g/mol. The van der Waals surface area contributed by atoms with Gasteiger partial charge in [0.1, 0.15) is 6.10 Å². The van der Waals surface area contributed by atoms with Gasteiger partial charge in [0.2, 0.25) is 11.9 Å². The van der Waals surface area contributed by atoms with Crippen LogP contribution in [0.3, 0.4) is 0 Å². The number of imidazole rings is 1. The second kappa shape index (κ2) is 9.92. The van der Waals surface area contributed by atoms with Crippen molar-refractivity contribution in [1.82, 2.24) is 19.1 Å². The summed E-state index contributed by atoms with van der Waals surface area (Å²) in [6.45, 7) is 7.34. The number of fused-ring (bicyclic) bond motifs is 1. The van der Waals surface area contributed by atoms with Crippen LogP contribution in [0.4, 0.5) is 25.1 Å². The molecule has 10 nitrogen and oxygen atoms in total. The van der Waals surface area contributed by atoms with Gasteiger partial charge in [0.15, 0.2) is 11.2 Å². The van der Waals surface area contributed by atoms with Gasteiger partial charge in [0.25, 0.3) is 5.56 Å². The molecule has 2 N–H and O–H groups in total. The molecule has 0 radical (unpaired) electrons. The normalized spacial score (nSPS) is 18.5. The van der Waals surface area contributed by atoms with Crippen molar-refractivity contribution in [1.29, 1.82) is 0 Å². The maximum absolute atomic E-state index is 13.3. The predicted molar refractivity (Wildman–Crippen MR) is 121 cm³/mol. The number of nitrogens with zero attached hydrogens (tertiary/aromatic N) is 6. The number of carbonyl (C=O) groups excluding carboxylic acids is 1. The summed E-state index contributed by atoms with van der Waals surface area (Å²) in [5.41, 5.74) is 6.29. The first-order valence-electron chi connectivity index (χ1n) is 10.9. The van der Waals surface area contributed by atoms with E-state index in [2.05, 4.69) is 26.5 Å². The van der Waals surface area contributed by atoms with Crippen LogP contribution in [-0.4, -0.2) is 69.6 Å². The molecule has 0 aliphatic carbocycles. The fraction of sp³-hybridized carbons (Fsp3) is 0.619. The molecule has 186 valence electrons. The number of hydrogen-bond donors (Lipinski definition) is 1. The van der Waals surface area contributed by atoms with E-state index in [1.54, 1.807) is 23.4 Å². The van der Waals surface area contributed by atoms with Gasteiger partial charge >= 0.3 is 12.1 Å². The van der Waals surface area contributed by atoms with Crippen LogP contribution in [0.25, 0.3) is 11.2 Å². The Balaban J connectivity index is 2.00. The van der Waals surface area contributed by atoms with Crippen molar-refractivity contribution in [2.24, 2.45) is 12.8 Å². The molecule has 1 aliphatic rings. The summed E-state index contributed by atoms with van der Waals surface area (Å²) >= 11 is 0. The minimum Gasteiger partial charge on any atom is -0.454 e. The molecule has 13 heteroatoms. The topological polar surface area (TPSA) is 112 Å². The monoisotopic (exact) mass is 483 g/mol. The van der Waals surface area contributed by atoms with E-state index in [4.69, 9.17) is 5.73 Å². The van der Waals surface area contributed by atoms with Crippen LogP contribution in [0.15, 0.2) is 4.79 Å². The van der Waals surface area contributed by atoms with Gasteiger partial charge in [-0.25, -0.2) is 4.79 Å². The number of piperidine rings is 1. The Hall–Kier alpha value is -3.27. The molecule has 0 spiro atoms. The van der Waals surface area contributed by atoms with Gasteiger partial charge in [0.05, 0.1) is 12.6 Å². The number of halogens is 3. The highest BCUT2D eigenvalue weighted by atomic mass is 19.4. The van der Waals surface area contributed by atoms with Crippen molar-refractivity contribution in [3.63, 3.8) is 0 Å². The minimum atomic E-state index is -5.09. The number of esters is 1. The summed E-state index contributed by atoms with van der Waals surface area (Å²) in [4.78, 5) is 37.4. The molecule has 0 bridgehead atoms. The molecule has 2 unspecified atom stereocenters. The molecule has 0 saturated carbocycles. The molecule has 2 atom stereocenters. The zero-order chi connectivity index (χ0) is 25.2. The molecular formula is C21H28F3N7O3. The molecule has 34 heavy (non-hydrogen) atoms. The number of carbonyl (C=O) groups is 1. The molecule has 3 rings (SSSR count). The third-order valence-corrected chi connectivity index (χ3v) is 5.77. The lowest BCUT2D eigenvalue weighted by molar-refractivity contribution is -0.206. The zero-order valence-electron chi connectivity index (χ0n) is 19.5. The van der Waals surface area contributed by atoms with Gasteiger partial charge in [-0.2, -0.15) is 23.1 Å². The first kappa shape index (κ1) is 25.4. The van der Waals surface area contributed by atoms with Crippen LogP contribution in [0.2, 0.25) is 0 Å². The highest BCUT2D eigenvalue weighted by Crippen LogP contribution is 2.26. The summed E-state index contributed by atoms with van der Waals surface area (Å²) in [7, 11) is 1.64. The summed E-state index contributed by atoms with van der Waals surface area (Å²) < 4.78 is 45.4. The molecule has 1 aliphatic heterocycles. The van der Waals surface area contributed by atoms with Crippen LogP contribution in [0, 0.1) is 11.8 Å². The SMILES string of the molecule is CC#CCn1c(N2CCC(OC(=O)C(F)(F)F)C(N)C2)nc2nc(N(CC)CC)n(C)c(=O)c21. The number of nitrogens with two attached hydrogens (primary N) is 1. The van der Waals surface area contributed by atoms with Crippen molar-refractivity contribution >= 4 is 29.0 Å². The third kappa shape index (κ3) is 4.82. The van der Waals surface area contributed by atoms with E-state index in [9.17, 15) is 22.8 Å². The fourth-order valence-electron chi connectivity index (χ4n) is 3.97. The van der Waals surface area contributed by atoms with Crippen molar-refractivity contribution in [3.05, 3.63) is 10.4 Å². The van der Waals surface area contributed by atoms with Crippen LogP contribution in [-0.2, 0) is 23.1 Å². The lowest BCUT2D eigenvalue weighted by Crippen LogP contribution is -2.54. The minimum absolute atomic E-state index is 0.0712. The van der Waals surface area contributed by atoms with E-state index < -0.39 is 24.3 Å². The Kier molecular flexibility index (Phi) is 7.40. The summed E-state index contributed by atoms with van der Waals surface area (Å²) in [5, 5.41) is 0. The van der Waals surface area contributed by atoms with Crippen molar-refractivity contribution in [3.8, 4) is 11.8 Å². The third-order valence-electron chi connectivity index (χ3n) is 5.77. The van der Waals surface area contributed by atoms with Crippen LogP contribution >= 0.6 is 0 Å². The summed E-state index contributed by atoms with van der Waals surface area (Å²) in [6, 6.07) is -0.882. The molecule has 2 aromatic heterocycles. The Labute approximate surface area is 194 Å². The van der Waals surface area contributed by atoms with Crippen molar-refractivity contribution in [2.45, 2.75) is 52.1 Å². The van der Waals surface area contributed by atoms with E-state index in [-0.39, 0.29) is 42.8 Å². The van der Waals surface area contributed by atoms with E-state index in [1.165, 1.54) is 4.57 Å². The lowest BCUT2D eigenvalue weighted by atomic mass is 10.0. The van der Waals surface area contributed by atoms with Gasteiger partial charge in [-0.1, -0.05) is 5.92 Å². The number of ether oxygens (including phenoxy) is 1. The quantitative estimate of drug-likeness (QED) is 0.479. The molecule has 1 saturated heterocycles. The van der Waals surface area contributed by atoms with Gasteiger partial charge in [-0.3, -0.25) is 13.9 Å². The van der Waals surface area contributed by atoms with Gasteiger partial charge in [0, 0.05) is 39.6 Å². The first-order valence-corrected chi connectivity index (χ1v) is 10.9. The molecule has 0 aromatic carbocycles. The fourth-order valence-corrected chi connectivity index (χ4v) is 3.97. The van der Waals surface area contributed by atoms with Gasteiger partial charge in [-0.15, -0.1) is 5.92 Å². The van der Waals surface area contributed by atoms with Crippen LogP contribution in [0.5, 0.6) is 0 Å². The number of rotatable bonds is 6. The van der Waals surface area contributed by atoms with Crippen LogP contribution < -0.4 is 21.1 Å². The van der Waals surface area contributed by atoms with Crippen molar-refractivity contribution in [2.75, 3.05) is 36.0 Å². The molecule has 0 amide bonds.